The first kappa shape index (κ1) is 14.8. The van der Waals surface area contributed by atoms with Crippen LogP contribution in [0.5, 0.6) is 0 Å². The van der Waals surface area contributed by atoms with Gasteiger partial charge in [0.2, 0.25) is 10.0 Å². The molecule has 0 bridgehead atoms. The van der Waals surface area contributed by atoms with Gasteiger partial charge < -0.3 is 0 Å². The Balaban J connectivity index is 2.19. The minimum atomic E-state index is -3.25. The molecule has 0 aromatic carbocycles. The molecule has 4 nitrogen and oxygen atoms in total. The number of hydrogen-bond acceptors (Lipinski definition) is 3. The molecule has 2 unspecified atom stereocenters. The first-order valence-corrected chi connectivity index (χ1v) is 8.64. The van der Waals surface area contributed by atoms with E-state index in [1.807, 2.05) is 19.1 Å². The second kappa shape index (κ2) is 6.20. The van der Waals surface area contributed by atoms with Gasteiger partial charge in [-0.25, -0.2) is 8.42 Å². The molecule has 1 aromatic rings. The predicted octanol–water partition coefficient (Wildman–Crippen LogP) is 2.42. The van der Waals surface area contributed by atoms with Crippen LogP contribution in [0.15, 0.2) is 24.5 Å². The Hall–Kier alpha value is -0.650. The highest BCUT2D eigenvalue weighted by Crippen LogP contribution is 2.34. The first-order chi connectivity index (χ1) is 9.04. The summed E-state index contributed by atoms with van der Waals surface area (Å²) in [6, 6.07) is 3.72. The van der Waals surface area contributed by atoms with E-state index in [9.17, 15) is 8.42 Å². The molecule has 1 saturated heterocycles. The zero-order chi connectivity index (χ0) is 13.9. The zero-order valence-electron chi connectivity index (χ0n) is 11.0. The van der Waals surface area contributed by atoms with Gasteiger partial charge in [-0.3, -0.25) is 4.98 Å². The average molecular weight is 303 g/mol. The van der Waals surface area contributed by atoms with E-state index in [-0.39, 0.29) is 17.7 Å². The van der Waals surface area contributed by atoms with Gasteiger partial charge >= 0.3 is 0 Å². The third-order valence-corrected chi connectivity index (χ3v) is 6.06. The van der Waals surface area contributed by atoms with Crippen LogP contribution in [-0.2, 0) is 10.0 Å². The molecule has 2 atom stereocenters. The van der Waals surface area contributed by atoms with Crippen molar-refractivity contribution in [1.82, 2.24) is 9.29 Å². The minimum Gasteiger partial charge on any atom is -0.264 e. The van der Waals surface area contributed by atoms with Gasteiger partial charge in [0.05, 0.1) is 11.8 Å². The van der Waals surface area contributed by atoms with Crippen LogP contribution in [0.2, 0.25) is 0 Å². The van der Waals surface area contributed by atoms with Crippen LogP contribution in [0.4, 0.5) is 0 Å². The highest BCUT2D eigenvalue weighted by atomic mass is 35.5. The molecule has 1 aromatic heterocycles. The van der Waals surface area contributed by atoms with Gasteiger partial charge in [-0.15, -0.1) is 11.6 Å². The van der Waals surface area contributed by atoms with Crippen molar-refractivity contribution in [3.05, 3.63) is 30.1 Å². The fourth-order valence-corrected chi connectivity index (χ4v) is 4.77. The van der Waals surface area contributed by atoms with Crippen molar-refractivity contribution in [2.45, 2.75) is 25.8 Å². The third-order valence-electron chi connectivity index (χ3n) is 3.39. The van der Waals surface area contributed by atoms with Crippen molar-refractivity contribution in [2.24, 2.45) is 5.92 Å². The number of pyridine rings is 1. The summed E-state index contributed by atoms with van der Waals surface area (Å²) in [6.45, 7) is 2.45. The maximum Gasteiger partial charge on any atom is 0.214 e. The van der Waals surface area contributed by atoms with Crippen LogP contribution in [0, 0.1) is 5.92 Å². The Bertz CT molecular complexity index is 507. The molecule has 1 aliphatic heterocycles. The number of hydrogen-bond donors (Lipinski definition) is 0. The Morgan fingerprint density at radius 2 is 2.37 bits per heavy atom. The van der Waals surface area contributed by atoms with Gasteiger partial charge in [0.1, 0.15) is 0 Å². The summed E-state index contributed by atoms with van der Waals surface area (Å²) in [7, 11) is -3.25. The van der Waals surface area contributed by atoms with E-state index < -0.39 is 10.0 Å². The number of nitrogens with zero attached hydrogens (tertiary/aromatic N) is 2. The highest BCUT2D eigenvalue weighted by Gasteiger charge is 2.35. The number of aromatic nitrogens is 1. The topological polar surface area (TPSA) is 50.3 Å². The van der Waals surface area contributed by atoms with Crippen molar-refractivity contribution in [1.29, 1.82) is 0 Å². The monoisotopic (exact) mass is 302 g/mol. The zero-order valence-corrected chi connectivity index (χ0v) is 12.6. The molecule has 0 spiro atoms. The summed E-state index contributed by atoms with van der Waals surface area (Å²) < 4.78 is 26.5. The van der Waals surface area contributed by atoms with E-state index in [2.05, 4.69) is 4.98 Å². The summed E-state index contributed by atoms with van der Waals surface area (Å²) in [5.41, 5.74) is 0.974. The lowest BCUT2D eigenvalue weighted by atomic mass is 10.1. The van der Waals surface area contributed by atoms with Crippen molar-refractivity contribution < 1.29 is 8.42 Å². The molecule has 0 radical (unpaired) electrons. The molecule has 106 valence electrons. The van der Waals surface area contributed by atoms with Gasteiger partial charge in [0, 0.05) is 24.8 Å². The molecule has 2 heterocycles. The van der Waals surface area contributed by atoms with Crippen LogP contribution < -0.4 is 0 Å². The summed E-state index contributed by atoms with van der Waals surface area (Å²) in [4.78, 5) is 4.08. The van der Waals surface area contributed by atoms with Gasteiger partial charge in [0.15, 0.2) is 0 Å². The van der Waals surface area contributed by atoms with Crippen LogP contribution >= 0.6 is 11.6 Å². The quantitative estimate of drug-likeness (QED) is 0.785. The summed E-state index contributed by atoms with van der Waals surface area (Å²) in [6.07, 6.45) is 5.21. The third kappa shape index (κ3) is 3.46. The summed E-state index contributed by atoms with van der Waals surface area (Å²) in [5.74, 6) is 0.458. The van der Waals surface area contributed by atoms with Gasteiger partial charge in [-0.2, -0.15) is 4.31 Å². The Labute approximate surface area is 119 Å². The van der Waals surface area contributed by atoms with Crippen LogP contribution in [-0.4, -0.2) is 35.9 Å². The molecule has 0 amide bonds. The van der Waals surface area contributed by atoms with Gasteiger partial charge in [-0.05, 0) is 30.4 Å². The van der Waals surface area contributed by atoms with Crippen LogP contribution in [0.3, 0.4) is 0 Å². The van der Waals surface area contributed by atoms with Crippen molar-refractivity contribution in [2.75, 3.05) is 18.2 Å². The predicted molar refractivity (Wildman–Crippen MR) is 76.6 cm³/mol. The van der Waals surface area contributed by atoms with Crippen molar-refractivity contribution in [3.8, 4) is 0 Å². The van der Waals surface area contributed by atoms with Gasteiger partial charge in [-0.1, -0.05) is 13.0 Å². The molecule has 0 saturated carbocycles. The van der Waals surface area contributed by atoms with E-state index in [4.69, 9.17) is 11.6 Å². The number of sulfonamides is 1. The molecule has 1 fully saturated rings. The SMILES string of the molecule is CC(CCl)CS(=O)(=O)N1CCCC1c1cccnc1. The molecule has 0 N–H and O–H groups in total. The Kier molecular flexibility index (Phi) is 4.81. The van der Waals surface area contributed by atoms with Crippen LogP contribution in [0.1, 0.15) is 31.4 Å². The largest absolute Gasteiger partial charge is 0.264 e. The Morgan fingerprint density at radius 1 is 1.58 bits per heavy atom. The Morgan fingerprint density at radius 3 is 3.00 bits per heavy atom. The maximum absolute atomic E-state index is 12.4. The summed E-state index contributed by atoms with van der Waals surface area (Å²) in [5, 5.41) is 0. The molecule has 6 heteroatoms. The second-order valence-corrected chi connectivity index (χ2v) is 7.37. The van der Waals surface area contributed by atoms with Gasteiger partial charge in [0.25, 0.3) is 0 Å². The summed E-state index contributed by atoms with van der Waals surface area (Å²) >= 11 is 5.73. The lowest BCUT2D eigenvalue weighted by Crippen LogP contribution is -2.34. The maximum atomic E-state index is 12.4. The lowest BCUT2D eigenvalue weighted by Gasteiger charge is -2.25. The number of halogens is 1. The number of alkyl halides is 1. The second-order valence-electron chi connectivity index (χ2n) is 5.09. The van der Waals surface area contributed by atoms with E-state index >= 15 is 0 Å². The first-order valence-electron chi connectivity index (χ1n) is 6.50. The van der Waals surface area contributed by atoms with E-state index in [1.165, 1.54) is 0 Å². The molecule has 2 rings (SSSR count). The standard InChI is InChI=1S/C13H19ClN2O2S/c1-11(8-14)10-19(17,18)16-7-3-5-13(16)12-4-2-6-15-9-12/h2,4,6,9,11,13H,3,5,7-8,10H2,1H3. The minimum absolute atomic E-state index is 0.0261. The molecular weight excluding hydrogens is 284 g/mol. The van der Waals surface area contributed by atoms with E-state index in [1.54, 1.807) is 16.7 Å². The number of rotatable bonds is 5. The van der Waals surface area contributed by atoms with Crippen LogP contribution in [0.25, 0.3) is 0 Å². The normalized spacial score (nSPS) is 22.5. The average Bonchev–Trinajstić information content (AvgIpc) is 2.89. The van der Waals surface area contributed by atoms with Crippen molar-refractivity contribution >= 4 is 21.6 Å². The fourth-order valence-electron chi connectivity index (χ4n) is 2.48. The molecule has 19 heavy (non-hydrogen) atoms. The molecular formula is C13H19ClN2O2S. The van der Waals surface area contributed by atoms with E-state index in [0.717, 1.165) is 18.4 Å². The van der Waals surface area contributed by atoms with E-state index in [0.29, 0.717) is 12.4 Å². The molecule has 0 aliphatic carbocycles. The lowest BCUT2D eigenvalue weighted by molar-refractivity contribution is 0.392. The highest BCUT2D eigenvalue weighted by molar-refractivity contribution is 7.89. The van der Waals surface area contributed by atoms with Crippen molar-refractivity contribution in [3.63, 3.8) is 0 Å². The smallest absolute Gasteiger partial charge is 0.214 e. The fraction of sp³-hybridized carbons (Fsp3) is 0.615. The molecule has 1 aliphatic rings.